The summed E-state index contributed by atoms with van der Waals surface area (Å²) < 4.78 is 221. The van der Waals surface area contributed by atoms with Crippen molar-refractivity contribution in [3.8, 4) is 0 Å². The zero-order chi connectivity index (χ0) is 24.5. The van der Waals surface area contributed by atoms with Crippen LogP contribution in [-0.4, -0.2) is 56.6 Å². The molecule has 0 bridgehead atoms. The van der Waals surface area contributed by atoms with Gasteiger partial charge in [0.2, 0.25) is 0 Å². The number of aliphatic hydroxyl groups is 1. The molecule has 176 valence electrons. The SMILES string of the molecule is OC(I)(C(F)(F)C(F)(F)F)C(F)(F)C(F)(F)C(F)(F)C(F)(F)C(F)(F)C(F)(F)F. The van der Waals surface area contributed by atoms with Gasteiger partial charge in [-0.3, -0.25) is 0 Å². The Labute approximate surface area is 159 Å². The number of hydrogen-bond donors (Lipinski definition) is 1. The highest BCUT2D eigenvalue weighted by Gasteiger charge is 2.95. The van der Waals surface area contributed by atoms with Crippen molar-refractivity contribution in [2.45, 2.75) is 51.5 Å². The summed E-state index contributed by atoms with van der Waals surface area (Å²) in [6, 6.07) is 0. The molecule has 0 rings (SSSR count). The minimum atomic E-state index is -8.64. The fourth-order valence-corrected chi connectivity index (χ4v) is 2.01. The molecule has 1 N–H and O–H groups in total. The normalized spacial score (nSPS) is 18.6. The van der Waals surface area contributed by atoms with Gasteiger partial charge in [0.1, 0.15) is 0 Å². The Hall–Kier alpha value is -0.570. The second-order valence-corrected chi connectivity index (χ2v) is 6.63. The van der Waals surface area contributed by atoms with E-state index >= 15 is 0 Å². The molecule has 0 saturated heterocycles. The lowest BCUT2D eigenvalue weighted by Gasteiger charge is -2.44. The minimum absolute atomic E-state index is 1.32. The Morgan fingerprint density at radius 3 is 0.793 bits per heavy atom. The maximum Gasteiger partial charge on any atom is 0.460 e. The third kappa shape index (κ3) is 3.48. The van der Waals surface area contributed by atoms with Gasteiger partial charge in [0.15, 0.2) is 0 Å². The van der Waals surface area contributed by atoms with Crippen molar-refractivity contribution in [2.24, 2.45) is 0 Å². The maximum atomic E-state index is 13.4. The van der Waals surface area contributed by atoms with Crippen LogP contribution in [0.1, 0.15) is 0 Å². The highest BCUT2D eigenvalue weighted by atomic mass is 127. The van der Waals surface area contributed by atoms with Crippen molar-refractivity contribution in [3.05, 3.63) is 0 Å². The van der Waals surface area contributed by atoms with Crippen molar-refractivity contribution < 1.29 is 84.1 Å². The summed E-state index contributed by atoms with van der Waals surface area (Å²) in [6.45, 7) is 0. The Bertz CT molecular complexity index is 560. The molecule has 1 atom stereocenters. The molecule has 0 fully saturated rings. The quantitative estimate of drug-likeness (QED) is 0.226. The van der Waals surface area contributed by atoms with Crippen LogP contribution in [0.25, 0.3) is 0 Å². The Kier molecular flexibility index (Phi) is 6.58. The summed E-state index contributed by atoms with van der Waals surface area (Å²) in [4.78, 5) is 0. The second-order valence-electron chi connectivity index (χ2n) is 5.06. The Morgan fingerprint density at radius 2 is 0.552 bits per heavy atom. The van der Waals surface area contributed by atoms with Crippen LogP contribution in [-0.2, 0) is 0 Å². The highest BCUT2D eigenvalue weighted by Crippen LogP contribution is 2.65. The summed E-state index contributed by atoms with van der Waals surface area (Å²) in [6.07, 6.45) is -15.2. The van der Waals surface area contributed by atoms with Crippen molar-refractivity contribution >= 4 is 22.6 Å². The van der Waals surface area contributed by atoms with Crippen molar-refractivity contribution in [3.63, 3.8) is 0 Å². The Balaban J connectivity index is 6.82. The molecule has 0 aromatic heterocycles. The average Bonchev–Trinajstić information content (AvgIpc) is 2.43. The summed E-state index contributed by atoms with van der Waals surface area (Å²) in [5, 5.41) is 8.53. The molecule has 1 nitrogen and oxygen atoms in total. The summed E-state index contributed by atoms with van der Waals surface area (Å²) >= 11 is -1.32. The molecule has 0 aliphatic carbocycles. The average molecular weight is 594 g/mol. The van der Waals surface area contributed by atoms with E-state index in [1.807, 2.05) is 0 Å². The van der Waals surface area contributed by atoms with Gasteiger partial charge in [-0.2, -0.15) is 79.0 Å². The van der Waals surface area contributed by atoms with Gasteiger partial charge < -0.3 is 5.11 Å². The maximum absolute atomic E-state index is 13.4. The molecule has 0 saturated carbocycles. The standard InChI is InChI=1S/C9HF18IO/c10-1(11,3(14,15)5(18,19)8(22,23)24)2(12,13)4(16,17)7(28,29)6(20,21)9(25,26)27/h29H. The number of hydrogen-bond acceptors (Lipinski definition) is 1. The van der Waals surface area contributed by atoms with Gasteiger partial charge in [0.25, 0.3) is 3.61 Å². The topological polar surface area (TPSA) is 20.2 Å². The van der Waals surface area contributed by atoms with Crippen LogP contribution in [0.5, 0.6) is 0 Å². The van der Waals surface area contributed by atoms with E-state index in [1.54, 1.807) is 0 Å². The first-order chi connectivity index (χ1) is 12.0. The molecule has 0 heterocycles. The van der Waals surface area contributed by atoms with E-state index in [4.69, 9.17) is 5.11 Å². The molecule has 20 heteroatoms. The molecule has 0 spiro atoms. The van der Waals surface area contributed by atoms with Gasteiger partial charge in [0, 0.05) is 0 Å². The van der Waals surface area contributed by atoms with Gasteiger partial charge in [-0.05, 0) is 22.6 Å². The van der Waals surface area contributed by atoms with Crippen molar-refractivity contribution in [1.29, 1.82) is 0 Å². The molecule has 0 amide bonds. The van der Waals surface area contributed by atoms with E-state index in [-0.39, 0.29) is 0 Å². The van der Waals surface area contributed by atoms with Gasteiger partial charge in [0.05, 0.1) is 0 Å². The summed E-state index contributed by atoms with van der Waals surface area (Å²) in [5.41, 5.74) is 0. The lowest BCUT2D eigenvalue weighted by molar-refractivity contribution is -0.454. The number of alkyl halides is 19. The van der Waals surface area contributed by atoms with E-state index in [2.05, 4.69) is 0 Å². The Morgan fingerprint density at radius 1 is 0.345 bits per heavy atom. The molecule has 0 aliphatic rings. The minimum Gasteiger partial charge on any atom is -0.369 e. The summed E-state index contributed by atoms with van der Waals surface area (Å²) in [5.74, 6) is -49.5. The first kappa shape index (κ1) is 28.4. The number of halogens is 19. The third-order valence-electron chi connectivity index (χ3n) is 3.12. The van der Waals surface area contributed by atoms with Crippen LogP contribution in [0.4, 0.5) is 79.0 Å². The van der Waals surface area contributed by atoms with Gasteiger partial charge in [-0.1, -0.05) is 0 Å². The largest absolute Gasteiger partial charge is 0.460 e. The lowest BCUT2D eigenvalue weighted by atomic mass is 9.89. The van der Waals surface area contributed by atoms with E-state index < -0.39 is 74.1 Å². The molecule has 0 radical (unpaired) electrons. The van der Waals surface area contributed by atoms with Gasteiger partial charge in [-0.25, -0.2) is 0 Å². The fraction of sp³-hybridized carbons (Fsp3) is 1.00. The molecule has 0 aliphatic heterocycles. The molecule has 29 heavy (non-hydrogen) atoms. The van der Waals surface area contributed by atoms with E-state index in [9.17, 15) is 79.0 Å². The van der Waals surface area contributed by atoms with E-state index in [0.717, 1.165) is 0 Å². The van der Waals surface area contributed by atoms with Crippen LogP contribution in [0, 0.1) is 0 Å². The van der Waals surface area contributed by atoms with Crippen LogP contribution < -0.4 is 0 Å². The van der Waals surface area contributed by atoms with Crippen LogP contribution in [0.2, 0.25) is 0 Å². The fourth-order valence-electron chi connectivity index (χ4n) is 1.36. The molecule has 0 aromatic rings. The summed E-state index contributed by atoms with van der Waals surface area (Å²) in [7, 11) is 0. The lowest BCUT2D eigenvalue weighted by Crippen LogP contribution is -2.76. The number of rotatable bonds is 6. The third-order valence-corrected chi connectivity index (χ3v) is 4.48. The monoisotopic (exact) mass is 594 g/mol. The van der Waals surface area contributed by atoms with Crippen LogP contribution in [0.15, 0.2) is 0 Å². The van der Waals surface area contributed by atoms with Gasteiger partial charge in [-0.15, -0.1) is 0 Å². The zero-order valence-electron chi connectivity index (χ0n) is 12.1. The highest BCUT2D eigenvalue weighted by molar-refractivity contribution is 14.1. The zero-order valence-corrected chi connectivity index (χ0v) is 14.3. The van der Waals surface area contributed by atoms with Crippen LogP contribution in [0.3, 0.4) is 0 Å². The predicted octanol–water partition coefficient (Wildman–Crippen LogP) is 6.05. The van der Waals surface area contributed by atoms with E-state index in [0.29, 0.717) is 0 Å². The first-order valence-electron chi connectivity index (χ1n) is 5.81. The first-order valence-corrected chi connectivity index (χ1v) is 6.89. The van der Waals surface area contributed by atoms with Crippen molar-refractivity contribution in [1.82, 2.24) is 0 Å². The van der Waals surface area contributed by atoms with Crippen LogP contribution >= 0.6 is 22.6 Å². The molecular weight excluding hydrogens is 593 g/mol. The molecule has 0 aromatic carbocycles. The second kappa shape index (κ2) is 6.71. The molecular formula is C9HF18IO. The smallest absolute Gasteiger partial charge is 0.369 e. The van der Waals surface area contributed by atoms with Crippen molar-refractivity contribution in [2.75, 3.05) is 0 Å². The molecule has 1 unspecified atom stereocenters. The van der Waals surface area contributed by atoms with E-state index in [1.165, 1.54) is 0 Å². The predicted molar refractivity (Wildman–Crippen MR) is 60.8 cm³/mol. The van der Waals surface area contributed by atoms with Gasteiger partial charge >= 0.3 is 47.9 Å².